The number of imidazole rings is 1. The second-order valence-electron chi connectivity index (χ2n) is 5.03. The Hall–Kier alpha value is -2.66. The fourth-order valence-corrected chi connectivity index (χ4v) is 2.57. The molecular weight excluding hydrogens is 298 g/mol. The molecule has 3 aromatic heterocycles. The number of rotatable bonds is 2. The number of nitrogens with one attached hydrogen (secondary N) is 1. The number of anilines is 2. The van der Waals surface area contributed by atoms with E-state index >= 15 is 0 Å². The molecule has 0 radical (unpaired) electrons. The number of nitrogens with zero attached hydrogens (tertiary/aromatic N) is 4. The molecule has 0 fully saturated rings. The van der Waals surface area contributed by atoms with Crippen LogP contribution in [0.5, 0.6) is 0 Å². The van der Waals surface area contributed by atoms with Crippen molar-refractivity contribution in [3.05, 3.63) is 59.6 Å². The van der Waals surface area contributed by atoms with E-state index in [0.29, 0.717) is 10.8 Å². The molecule has 1 N–H and O–H groups in total. The first-order valence-corrected chi connectivity index (χ1v) is 7.21. The second-order valence-corrected chi connectivity index (χ2v) is 5.41. The second kappa shape index (κ2) is 4.96. The number of pyridine rings is 1. The van der Waals surface area contributed by atoms with Crippen LogP contribution in [0.15, 0.2) is 48.9 Å². The van der Waals surface area contributed by atoms with Gasteiger partial charge >= 0.3 is 0 Å². The first kappa shape index (κ1) is 13.0. The van der Waals surface area contributed by atoms with Gasteiger partial charge in [0.2, 0.25) is 0 Å². The van der Waals surface area contributed by atoms with Gasteiger partial charge in [-0.05, 0) is 30.7 Å². The van der Waals surface area contributed by atoms with E-state index < -0.39 is 0 Å². The highest BCUT2D eigenvalue weighted by atomic mass is 35.5. The van der Waals surface area contributed by atoms with E-state index in [4.69, 9.17) is 11.6 Å². The van der Waals surface area contributed by atoms with Crippen LogP contribution < -0.4 is 5.32 Å². The van der Waals surface area contributed by atoms with E-state index in [1.165, 1.54) is 0 Å². The summed E-state index contributed by atoms with van der Waals surface area (Å²) in [6, 6.07) is 11.7. The predicted molar refractivity (Wildman–Crippen MR) is 87.8 cm³/mol. The fourth-order valence-electron chi connectivity index (χ4n) is 2.43. The topological polar surface area (TPSA) is 55.1 Å². The maximum atomic E-state index is 5.99. The average Bonchev–Trinajstić information content (AvgIpc) is 3.00. The summed E-state index contributed by atoms with van der Waals surface area (Å²) < 4.78 is 1.88. The largest absolute Gasteiger partial charge is 0.338 e. The van der Waals surface area contributed by atoms with Gasteiger partial charge in [0.25, 0.3) is 0 Å². The Bertz CT molecular complexity index is 992. The standard InChI is InChI=1S/C16H12ClN5/c1-10-4-2-3-5-11(10)19-15-13-8-18-9-22(13)16-12(20-15)6-7-14(17)21-16/h2-9H,1H3,(H,19,20). The maximum Gasteiger partial charge on any atom is 0.166 e. The van der Waals surface area contributed by atoms with Crippen LogP contribution >= 0.6 is 11.6 Å². The van der Waals surface area contributed by atoms with Crippen molar-refractivity contribution < 1.29 is 0 Å². The molecule has 6 heteroatoms. The van der Waals surface area contributed by atoms with Crippen molar-refractivity contribution >= 4 is 39.8 Å². The third-order valence-electron chi connectivity index (χ3n) is 3.56. The first-order valence-electron chi connectivity index (χ1n) is 6.83. The summed E-state index contributed by atoms with van der Waals surface area (Å²) in [5.74, 6) is 0.739. The lowest BCUT2D eigenvalue weighted by Crippen LogP contribution is -2.01. The average molecular weight is 310 g/mol. The number of aryl methyl sites for hydroxylation is 1. The van der Waals surface area contributed by atoms with Crippen molar-refractivity contribution in [2.45, 2.75) is 6.92 Å². The van der Waals surface area contributed by atoms with Crippen LogP contribution in [0.3, 0.4) is 0 Å². The Morgan fingerprint density at radius 2 is 1.95 bits per heavy atom. The van der Waals surface area contributed by atoms with Crippen molar-refractivity contribution in [3.63, 3.8) is 0 Å². The summed E-state index contributed by atoms with van der Waals surface area (Å²) in [5, 5.41) is 3.81. The van der Waals surface area contributed by atoms with E-state index in [1.54, 1.807) is 18.6 Å². The molecule has 3 heterocycles. The summed E-state index contributed by atoms with van der Waals surface area (Å²) in [6.45, 7) is 2.05. The van der Waals surface area contributed by atoms with Crippen LogP contribution in [0.1, 0.15) is 5.56 Å². The van der Waals surface area contributed by atoms with Gasteiger partial charge in [0, 0.05) is 5.69 Å². The van der Waals surface area contributed by atoms with Gasteiger partial charge in [0.1, 0.15) is 22.5 Å². The van der Waals surface area contributed by atoms with Crippen LogP contribution in [-0.4, -0.2) is 19.4 Å². The molecule has 0 aliphatic heterocycles. The Labute approximate surface area is 131 Å². The zero-order chi connectivity index (χ0) is 15.1. The van der Waals surface area contributed by atoms with Gasteiger partial charge in [-0.25, -0.2) is 15.0 Å². The zero-order valence-corrected chi connectivity index (χ0v) is 12.5. The molecule has 0 spiro atoms. The molecule has 0 aliphatic rings. The van der Waals surface area contributed by atoms with Gasteiger partial charge in [-0.2, -0.15) is 0 Å². The molecule has 22 heavy (non-hydrogen) atoms. The molecule has 4 rings (SSSR count). The Morgan fingerprint density at radius 1 is 1.09 bits per heavy atom. The van der Waals surface area contributed by atoms with Gasteiger partial charge in [-0.1, -0.05) is 29.8 Å². The highest BCUT2D eigenvalue weighted by Gasteiger charge is 2.11. The molecule has 0 bridgehead atoms. The Morgan fingerprint density at radius 3 is 2.82 bits per heavy atom. The summed E-state index contributed by atoms with van der Waals surface area (Å²) in [5.41, 5.74) is 4.46. The zero-order valence-electron chi connectivity index (χ0n) is 11.8. The Balaban J connectivity index is 1.95. The number of benzene rings is 1. The van der Waals surface area contributed by atoms with Gasteiger partial charge < -0.3 is 5.32 Å². The number of aromatic nitrogens is 4. The van der Waals surface area contributed by atoms with Crippen molar-refractivity contribution in [1.82, 2.24) is 19.4 Å². The normalized spacial score (nSPS) is 11.2. The number of hydrogen-bond donors (Lipinski definition) is 1. The number of fused-ring (bicyclic) bond motifs is 3. The van der Waals surface area contributed by atoms with Crippen molar-refractivity contribution in [3.8, 4) is 0 Å². The van der Waals surface area contributed by atoms with Gasteiger partial charge in [-0.3, -0.25) is 4.40 Å². The lowest BCUT2D eigenvalue weighted by molar-refractivity contribution is 1.14. The lowest BCUT2D eigenvalue weighted by atomic mass is 10.2. The van der Waals surface area contributed by atoms with Crippen LogP contribution in [0.4, 0.5) is 11.5 Å². The molecule has 0 saturated carbocycles. The van der Waals surface area contributed by atoms with Crippen LogP contribution in [0.2, 0.25) is 5.15 Å². The van der Waals surface area contributed by atoms with E-state index in [1.807, 2.05) is 28.7 Å². The highest BCUT2D eigenvalue weighted by molar-refractivity contribution is 6.29. The number of hydrogen-bond acceptors (Lipinski definition) is 4. The van der Waals surface area contributed by atoms with Crippen molar-refractivity contribution in [2.75, 3.05) is 5.32 Å². The molecule has 1 aromatic carbocycles. The Kier molecular flexibility index (Phi) is 2.94. The molecule has 0 unspecified atom stereocenters. The molecule has 0 saturated heterocycles. The third kappa shape index (κ3) is 2.07. The number of para-hydroxylation sites is 1. The first-order chi connectivity index (χ1) is 10.7. The third-order valence-corrected chi connectivity index (χ3v) is 3.77. The minimum absolute atomic E-state index is 0.434. The molecular formula is C16H12ClN5. The molecule has 108 valence electrons. The van der Waals surface area contributed by atoms with Gasteiger partial charge in [0.15, 0.2) is 11.5 Å². The summed E-state index contributed by atoms with van der Waals surface area (Å²) in [6.07, 6.45) is 3.47. The van der Waals surface area contributed by atoms with Crippen molar-refractivity contribution in [1.29, 1.82) is 0 Å². The smallest absolute Gasteiger partial charge is 0.166 e. The highest BCUT2D eigenvalue weighted by Crippen LogP contribution is 2.25. The van der Waals surface area contributed by atoms with E-state index in [-0.39, 0.29) is 0 Å². The molecule has 4 aromatic rings. The molecule has 0 amide bonds. The summed E-state index contributed by atoms with van der Waals surface area (Å²) in [4.78, 5) is 13.2. The molecule has 0 atom stereocenters. The van der Waals surface area contributed by atoms with Gasteiger partial charge in [-0.15, -0.1) is 0 Å². The minimum Gasteiger partial charge on any atom is -0.338 e. The van der Waals surface area contributed by atoms with E-state index in [9.17, 15) is 0 Å². The van der Waals surface area contributed by atoms with Gasteiger partial charge in [0.05, 0.1) is 6.20 Å². The van der Waals surface area contributed by atoms with Crippen LogP contribution in [0, 0.1) is 6.92 Å². The lowest BCUT2D eigenvalue weighted by Gasteiger charge is -2.11. The number of halogens is 1. The summed E-state index contributed by atoms with van der Waals surface area (Å²) >= 11 is 5.99. The molecule has 0 aliphatic carbocycles. The quantitative estimate of drug-likeness (QED) is 0.569. The molecule has 5 nitrogen and oxygen atoms in total. The SMILES string of the molecule is Cc1ccccc1Nc1nc2ccc(Cl)nc2n2cncc12. The van der Waals surface area contributed by atoms with Crippen molar-refractivity contribution in [2.24, 2.45) is 0 Å². The van der Waals surface area contributed by atoms with Crippen LogP contribution in [0.25, 0.3) is 16.7 Å². The monoisotopic (exact) mass is 309 g/mol. The van der Waals surface area contributed by atoms with Crippen LogP contribution in [-0.2, 0) is 0 Å². The van der Waals surface area contributed by atoms with E-state index in [0.717, 1.165) is 28.1 Å². The van der Waals surface area contributed by atoms with E-state index in [2.05, 4.69) is 33.3 Å². The maximum absolute atomic E-state index is 5.99. The summed E-state index contributed by atoms with van der Waals surface area (Å²) in [7, 11) is 0. The predicted octanol–water partition coefficient (Wildman–Crippen LogP) is 3.98. The minimum atomic E-state index is 0.434. The fraction of sp³-hybridized carbons (Fsp3) is 0.0625.